The number of furan rings is 1. The van der Waals surface area contributed by atoms with E-state index in [2.05, 4.69) is 20.8 Å². The third-order valence-corrected chi connectivity index (χ3v) is 3.04. The maximum Gasteiger partial charge on any atom is 0.193 e. The Kier molecular flexibility index (Phi) is 3.39. The number of benzene rings is 1. The molecule has 3 rings (SSSR count). The van der Waals surface area contributed by atoms with Gasteiger partial charge in [-0.2, -0.15) is 0 Å². The van der Waals surface area contributed by atoms with Crippen LogP contribution in [0.15, 0.2) is 40.8 Å². The minimum absolute atomic E-state index is 0.390. The molecule has 2 heterocycles. The van der Waals surface area contributed by atoms with Crippen LogP contribution in [0.1, 0.15) is 5.76 Å². The lowest BCUT2D eigenvalue weighted by Gasteiger charge is -2.06. The number of nitrogens with zero attached hydrogens (tertiary/aromatic N) is 4. The lowest BCUT2D eigenvalue weighted by Crippen LogP contribution is -1.99. The molecule has 1 aromatic carbocycles. The molecule has 0 aliphatic heterocycles. The molecular formula is C13H12ClN5O. The molecule has 0 saturated carbocycles. The van der Waals surface area contributed by atoms with Gasteiger partial charge in [-0.15, -0.1) is 5.10 Å². The van der Waals surface area contributed by atoms with Crippen LogP contribution in [0, 0.1) is 0 Å². The van der Waals surface area contributed by atoms with E-state index < -0.39 is 0 Å². The van der Waals surface area contributed by atoms with E-state index in [1.807, 2.05) is 30.3 Å². The maximum atomic E-state index is 5.73. The Balaban J connectivity index is 1.76. The molecule has 7 heteroatoms. The molecule has 6 nitrogen and oxygen atoms in total. The van der Waals surface area contributed by atoms with Crippen molar-refractivity contribution in [3.8, 4) is 11.4 Å². The SMILES string of the molecule is Cn1nnnc1-c1cccc(NCc2ccc(Cl)o2)c1. The topological polar surface area (TPSA) is 68.8 Å². The summed E-state index contributed by atoms with van der Waals surface area (Å²) in [7, 11) is 1.81. The van der Waals surface area contributed by atoms with Crippen LogP contribution in [-0.4, -0.2) is 20.2 Å². The van der Waals surface area contributed by atoms with E-state index in [-0.39, 0.29) is 0 Å². The van der Waals surface area contributed by atoms with Gasteiger partial charge >= 0.3 is 0 Å². The first-order chi connectivity index (χ1) is 9.72. The molecule has 0 saturated heterocycles. The molecule has 0 radical (unpaired) electrons. The van der Waals surface area contributed by atoms with Gasteiger partial charge in [0.1, 0.15) is 5.76 Å². The first kappa shape index (κ1) is 12.7. The van der Waals surface area contributed by atoms with Gasteiger partial charge < -0.3 is 9.73 Å². The molecule has 0 spiro atoms. The van der Waals surface area contributed by atoms with E-state index in [1.54, 1.807) is 17.8 Å². The molecule has 20 heavy (non-hydrogen) atoms. The lowest BCUT2D eigenvalue weighted by molar-refractivity contribution is 0.520. The molecule has 0 aliphatic carbocycles. The Bertz CT molecular complexity index is 721. The Morgan fingerprint density at radius 1 is 1.30 bits per heavy atom. The zero-order valence-corrected chi connectivity index (χ0v) is 11.5. The van der Waals surface area contributed by atoms with Crippen molar-refractivity contribution in [3.63, 3.8) is 0 Å². The highest BCUT2D eigenvalue weighted by Crippen LogP contribution is 2.20. The van der Waals surface area contributed by atoms with E-state index in [0.29, 0.717) is 11.8 Å². The first-order valence-electron chi connectivity index (χ1n) is 6.03. The zero-order chi connectivity index (χ0) is 13.9. The highest BCUT2D eigenvalue weighted by molar-refractivity contribution is 6.28. The Hall–Kier alpha value is -2.34. The number of rotatable bonds is 4. The average Bonchev–Trinajstić information content (AvgIpc) is 3.05. The fourth-order valence-corrected chi connectivity index (χ4v) is 2.04. The standard InChI is InChI=1S/C13H12ClN5O/c1-19-13(16-17-18-19)9-3-2-4-10(7-9)15-8-11-5-6-12(14)20-11/h2-7,15H,8H2,1H3. The van der Waals surface area contributed by atoms with Crippen LogP contribution >= 0.6 is 11.6 Å². The van der Waals surface area contributed by atoms with Gasteiger partial charge in [-0.05, 0) is 46.3 Å². The van der Waals surface area contributed by atoms with E-state index in [1.165, 1.54) is 0 Å². The van der Waals surface area contributed by atoms with Crippen LogP contribution in [0.3, 0.4) is 0 Å². The van der Waals surface area contributed by atoms with Gasteiger partial charge in [0.2, 0.25) is 0 Å². The highest BCUT2D eigenvalue weighted by atomic mass is 35.5. The van der Waals surface area contributed by atoms with Crippen molar-refractivity contribution in [1.82, 2.24) is 20.2 Å². The van der Waals surface area contributed by atoms with Crippen molar-refractivity contribution in [3.05, 3.63) is 47.4 Å². The van der Waals surface area contributed by atoms with E-state index in [4.69, 9.17) is 16.0 Å². The van der Waals surface area contributed by atoms with Crippen molar-refractivity contribution >= 4 is 17.3 Å². The van der Waals surface area contributed by atoms with Gasteiger partial charge in [0.05, 0.1) is 6.54 Å². The fourth-order valence-electron chi connectivity index (χ4n) is 1.88. The van der Waals surface area contributed by atoms with Crippen LogP contribution in [0.2, 0.25) is 5.22 Å². The normalized spacial score (nSPS) is 10.7. The van der Waals surface area contributed by atoms with Crippen molar-refractivity contribution < 1.29 is 4.42 Å². The van der Waals surface area contributed by atoms with Gasteiger partial charge in [-0.25, -0.2) is 4.68 Å². The van der Waals surface area contributed by atoms with Crippen LogP contribution in [-0.2, 0) is 13.6 Å². The van der Waals surface area contributed by atoms with E-state index >= 15 is 0 Å². The summed E-state index contributed by atoms with van der Waals surface area (Å²) in [4.78, 5) is 0. The molecule has 0 atom stereocenters. The number of hydrogen-bond donors (Lipinski definition) is 1. The molecular weight excluding hydrogens is 278 g/mol. The lowest BCUT2D eigenvalue weighted by atomic mass is 10.2. The Morgan fingerprint density at radius 3 is 2.90 bits per heavy atom. The molecule has 2 aromatic heterocycles. The largest absolute Gasteiger partial charge is 0.448 e. The van der Waals surface area contributed by atoms with Crippen molar-refractivity contribution in [2.75, 3.05) is 5.32 Å². The Labute approximate surface area is 120 Å². The van der Waals surface area contributed by atoms with Crippen molar-refractivity contribution in [2.45, 2.75) is 6.54 Å². The fraction of sp³-hybridized carbons (Fsp3) is 0.154. The number of tetrazole rings is 1. The van der Waals surface area contributed by atoms with E-state index in [0.717, 1.165) is 22.8 Å². The zero-order valence-electron chi connectivity index (χ0n) is 10.7. The molecule has 0 unspecified atom stereocenters. The van der Waals surface area contributed by atoms with Crippen LogP contribution < -0.4 is 5.32 Å². The molecule has 0 fully saturated rings. The summed E-state index contributed by atoms with van der Waals surface area (Å²) >= 11 is 5.73. The number of hydrogen-bond acceptors (Lipinski definition) is 5. The summed E-state index contributed by atoms with van der Waals surface area (Å²) < 4.78 is 6.92. The molecule has 1 N–H and O–H groups in total. The second kappa shape index (κ2) is 5.34. The van der Waals surface area contributed by atoms with E-state index in [9.17, 15) is 0 Å². The summed E-state index contributed by atoms with van der Waals surface area (Å²) in [6.07, 6.45) is 0. The van der Waals surface area contributed by atoms with Gasteiger partial charge in [0.25, 0.3) is 0 Å². The number of aryl methyl sites for hydroxylation is 1. The smallest absolute Gasteiger partial charge is 0.193 e. The van der Waals surface area contributed by atoms with Crippen LogP contribution in [0.25, 0.3) is 11.4 Å². The summed E-state index contributed by atoms with van der Waals surface area (Å²) in [6.45, 7) is 0.563. The summed E-state index contributed by atoms with van der Waals surface area (Å²) in [6, 6.07) is 11.4. The third kappa shape index (κ3) is 2.65. The predicted molar refractivity (Wildman–Crippen MR) is 75.3 cm³/mol. The van der Waals surface area contributed by atoms with Crippen molar-refractivity contribution in [1.29, 1.82) is 0 Å². The summed E-state index contributed by atoms with van der Waals surface area (Å²) in [5.41, 5.74) is 1.90. The number of anilines is 1. The molecule has 0 bridgehead atoms. The minimum Gasteiger partial charge on any atom is -0.448 e. The maximum absolute atomic E-state index is 5.73. The monoisotopic (exact) mass is 289 g/mol. The second-order valence-electron chi connectivity index (χ2n) is 4.27. The molecule has 3 aromatic rings. The average molecular weight is 290 g/mol. The van der Waals surface area contributed by atoms with Crippen LogP contribution in [0.4, 0.5) is 5.69 Å². The predicted octanol–water partition coefficient (Wildman–Crippen LogP) is 2.74. The van der Waals surface area contributed by atoms with Crippen molar-refractivity contribution in [2.24, 2.45) is 7.05 Å². The number of aromatic nitrogens is 4. The summed E-state index contributed by atoms with van der Waals surface area (Å²) in [5, 5.41) is 15.1. The first-order valence-corrected chi connectivity index (χ1v) is 6.41. The Morgan fingerprint density at radius 2 is 2.20 bits per heavy atom. The van der Waals surface area contributed by atoms with Gasteiger partial charge in [0, 0.05) is 18.3 Å². The number of halogens is 1. The minimum atomic E-state index is 0.390. The quantitative estimate of drug-likeness (QED) is 0.800. The van der Waals surface area contributed by atoms with Crippen LogP contribution in [0.5, 0.6) is 0 Å². The highest BCUT2D eigenvalue weighted by Gasteiger charge is 2.06. The molecule has 102 valence electrons. The summed E-state index contributed by atoms with van der Waals surface area (Å²) in [5.74, 6) is 1.50. The molecule has 0 aliphatic rings. The van der Waals surface area contributed by atoms with Gasteiger partial charge in [0.15, 0.2) is 11.0 Å². The van der Waals surface area contributed by atoms with Gasteiger partial charge in [-0.1, -0.05) is 12.1 Å². The third-order valence-electron chi connectivity index (χ3n) is 2.84. The molecule has 0 amide bonds. The number of nitrogens with one attached hydrogen (secondary N) is 1. The van der Waals surface area contributed by atoms with Gasteiger partial charge in [-0.3, -0.25) is 0 Å². The second-order valence-corrected chi connectivity index (χ2v) is 4.64.